The lowest BCUT2D eigenvalue weighted by Gasteiger charge is -2.05. The Bertz CT molecular complexity index is 635. The number of rotatable bonds is 5. The third-order valence-electron chi connectivity index (χ3n) is 2.92. The average Bonchev–Trinajstić information content (AvgIpc) is 2.43. The lowest BCUT2D eigenvalue weighted by atomic mass is 10.1. The van der Waals surface area contributed by atoms with Crippen LogP contribution in [0.25, 0.3) is 0 Å². The third kappa shape index (κ3) is 4.05. The van der Waals surface area contributed by atoms with Gasteiger partial charge in [-0.15, -0.1) is 0 Å². The van der Waals surface area contributed by atoms with Gasteiger partial charge in [0, 0.05) is 36.3 Å². The summed E-state index contributed by atoms with van der Waals surface area (Å²) in [5, 5.41) is 2.82. The van der Waals surface area contributed by atoms with Crippen LogP contribution in [0.4, 0.5) is 0 Å². The SMILES string of the molecule is Cc1cc(C(=O)NCCCc2ccncc2)cc(=O)[nH]1. The highest BCUT2D eigenvalue weighted by Gasteiger charge is 2.06. The van der Waals surface area contributed by atoms with Crippen LogP contribution in [-0.2, 0) is 6.42 Å². The number of nitrogens with zero attached hydrogens (tertiary/aromatic N) is 1. The van der Waals surface area contributed by atoms with Crippen LogP contribution in [0.2, 0.25) is 0 Å². The Labute approximate surface area is 117 Å². The molecule has 2 aromatic heterocycles. The molecule has 5 heteroatoms. The average molecular weight is 271 g/mol. The number of hydrogen-bond donors (Lipinski definition) is 2. The van der Waals surface area contributed by atoms with Crippen molar-refractivity contribution in [2.24, 2.45) is 0 Å². The maximum absolute atomic E-state index is 11.9. The van der Waals surface area contributed by atoms with Crippen LogP contribution >= 0.6 is 0 Å². The molecule has 0 saturated carbocycles. The van der Waals surface area contributed by atoms with Gasteiger partial charge >= 0.3 is 0 Å². The van der Waals surface area contributed by atoms with Gasteiger partial charge in [0.1, 0.15) is 0 Å². The normalized spacial score (nSPS) is 10.2. The fourth-order valence-corrected chi connectivity index (χ4v) is 1.96. The molecule has 0 radical (unpaired) electrons. The summed E-state index contributed by atoms with van der Waals surface area (Å²) >= 11 is 0. The highest BCUT2D eigenvalue weighted by atomic mass is 16.2. The topological polar surface area (TPSA) is 74.8 Å². The van der Waals surface area contributed by atoms with E-state index in [1.165, 1.54) is 11.6 Å². The minimum atomic E-state index is -0.257. The largest absolute Gasteiger partial charge is 0.352 e. The molecule has 0 aromatic carbocycles. The zero-order valence-corrected chi connectivity index (χ0v) is 11.3. The summed E-state index contributed by atoms with van der Waals surface area (Å²) in [4.78, 5) is 29.7. The number of aromatic nitrogens is 2. The first kappa shape index (κ1) is 14.0. The molecular formula is C15H17N3O2. The molecule has 2 aromatic rings. The minimum absolute atomic E-state index is 0.214. The van der Waals surface area contributed by atoms with Crippen LogP contribution in [-0.4, -0.2) is 22.4 Å². The van der Waals surface area contributed by atoms with E-state index in [0.717, 1.165) is 12.8 Å². The first-order valence-electron chi connectivity index (χ1n) is 6.53. The summed E-state index contributed by atoms with van der Waals surface area (Å²) in [6.45, 7) is 2.33. The molecule has 2 N–H and O–H groups in total. The van der Waals surface area contributed by atoms with Crippen molar-refractivity contribution >= 4 is 5.91 Å². The van der Waals surface area contributed by atoms with E-state index in [9.17, 15) is 9.59 Å². The van der Waals surface area contributed by atoms with Gasteiger partial charge in [-0.2, -0.15) is 0 Å². The lowest BCUT2D eigenvalue weighted by molar-refractivity contribution is 0.0953. The predicted octanol–water partition coefficient (Wildman–Crippen LogP) is 1.44. The molecule has 1 amide bonds. The Morgan fingerprint density at radius 1 is 1.30 bits per heavy atom. The monoisotopic (exact) mass is 271 g/mol. The van der Waals surface area contributed by atoms with Crippen LogP contribution in [0.5, 0.6) is 0 Å². The fourth-order valence-electron chi connectivity index (χ4n) is 1.96. The fraction of sp³-hybridized carbons (Fsp3) is 0.267. The van der Waals surface area contributed by atoms with Gasteiger partial charge in [0.25, 0.3) is 5.91 Å². The maximum atomic E-state index is 11.9. The van der Waals surface area contributed by atoms with Crippen LogP contribution in [0, 0.1) is 6.92 Å². The molecule has 2 heterocycles. The van der Waals surface area contributed by atoms with E-state index in [2.05, 4.69) is 15.3 Å². The van der Waals surface area contributed by atoms with Crippen molar-refractivity contribution in [3.05, 3.63) is 63.8 Å². The molecule has 0 spiro atoms. The van der Waals surface area contributed by atoms with E-state index in [1.807, 2.05) is 12.1 Å². The molecular weight excluding hydrogens is 254 g/mol. The zero-order chi connectivity index (χ0) is 14.4. The van der Waals surface area contributed by atoms with Gasteiger partial charge in [-0.25, -0.2) is 0 Å². The van der Waals surface area contributed by atoms with Gasteiger partial charge in [0.15, 0.2) is 0 Å². The Hall–Kier alpha value is -2.43. The first-order valence-corrected chi connectivity index (χ1v) is 6.53. The summed E-state index contributed by atoms with van der Waals surface area (Å²) < 4.78 is 0. The van der Waals surface area contributed by atoms with Crippen molar-refractivity contribution in [3.8, 4) is 0 Å². The number of nitrogens with one attached hydrogen (secondary N) is 2. The van der Waals surface area contributed by atoms with Gasteiger partial charge in [-0.1, -0.05) is 0 Å². The standard InChI is InChI=1S/C15H17N3O2/c1-11-9-13(10-14(19)18-11)15(20)17-6-2-3-12-4-7-16-8-5-12/h4-5,7-10H,2-3,6H2,1H3,(H,17,20)(H,18,19). The summed E-state index contributed by atoms with van der Waals surface area (Å²) in [6.07, 6.45) is 5.25. The maximum Gasteiger partial charge on any atom is 0.251 e. The van der Waals surface area contributed by atoms with Gasteiger partial charge in [0.05, 0.1) is 0 Å². The van der Waals surface area contributed by atoms with Crippen molar-refractivity contribution < 1.29 is 4.79 Å². The number of hydrogen-bond acceptors (Lipinski definition) is 3. The van der Waals surface area contributed by atoms with E-state index in [-0.39, 0.29) is 11.5 Å². The Balaban J connectivity index is 1.82. The van der Waals surface area contributed by atoms with Crippen LogP contribution in [0.15, 0.2) is 41.5 Å². The minimum Gasteiger partial charge on any atom is -0.352 e. The highest BCUT2D eigenvalue weighted by molar-refractivity contribution is 5.94. The van der Waals surface area contributed by atoms with Crippen LogP contribution in [0.3, 0.4) is 0 Å². The quantitative estimate of drug-likeness (QED) is 0.808. The second-order valence-electron chi connectivity index (χ2n) is 4.63. The molecule has 0 atom stereocenters. The van der Waals surface area contributed by atoms with E-state index >= 15 is 0 Å². The lowest BCUT2D eigenvalue weighted by Crippen LogP contribution is -2.26. The molecule has 0 saturated heterocycles. The van der Waals surface area contributed by atoms with Gasteiger partial charge < -0.3 is 10.3 Å². The highest BCUT2D eigenvalue weighted by Crippen LogP contribution is 2.01. The smallest absolute Gasteiger partial charge is 0.251 e. The number of aryl methyl sites for hydroxylation is 2. The number of carbonyl (C=O) groups excluding carboxylic acids is 1. The second kappa shape index (κ2) is 6.65. The molecule has 0 aliphatic rings. The molecule has 0 bridgehead atoms. The number of H-pyrrole nitrogens is 1. The zero-order valence-electron chi connectivity index (χ0n) is 11.3. The van der Waals surface area contributed by atoms with Crippen LogP contribution in [0.1, 0.15) is 28.0 Å². The van der Waals surface area contributed by atoms with Gasteiger partial charge in [-0.05, 0) is 43.5 Å². The molecule has 0 aliphatic heterocycles. The molecule has 5 nitrogen and oxygen atoms in total. The number of pyridine rings is 2. The van der Waals surface area contributed by atoms with Gasteiger partial charge in [-0.3, -0.25) is 14.6 Å². The number of carbonyl (C=O) groups is 1. The first-order chi connectivity index (χ1) is 9.65. The van der Waals surface area contributed by atoms with Gasteiger partial charge in [0.2, 0.25) is 5.56 Å². The summed E-state index contributed by atoms with van der Waals surface area (Å²) in [5.74, 6) is -0.214. The molecule has 0 unspecified atom stereocenters. The molecule has 0 fully saturated rings. The predicted molar refractivity (Wildman–Crippen MR) is 76.7 cm³/mol. The summed E-state index contributed by atoms with van der Waals surface area (Å²) in [5.41, 5.74) is 2.02. The Morgan fingerprint density at radius 2 is 2.05 bits per heavy atom. The molecule has 20 heavy (non-hydrogen) atoms. The Morgan fingerprint density at radius 3 is 2.75 bits per heavy atom. The molecule has 0 aliphatic carbocycles. The van der Waals surface area contributed by atoms with Crippen molar-refractivity contribution in [3.63, 3.8) is 0 Å². The molecule has 104 valence electrons. The van der Waals surface area contributed by atoms with Crippen molar-refractivity contribution in [2.45, 2.75) is 19.8 Å². The van der Waals surface area contributed by atoms with Crippen LogP contribution < -0.4 is 10.9 Å². The Kier molecular flexibility index (Phi) is 4.65. The number of amides is 1. The number of aromatic amines is 1. The summed E-state index contributed by atoms with van der Waals surface area (Å²) in [6, 6.07) is 6.90. The van der Waals surface area contributed by atoms with E-state index in [4.69, 9.17) is 0 Å². The van der Waals surface area contributed by atoms with Crippen molar-refractivity contribution in [2.75, 3.05) is 6.54 Å². The van der Waals surface area contributed by atoms with E-state index in [0.29, 0.717) is 17.8 Å². The van der Waals surface area contributed by atoms with E-state index in [1.54, 1.807) is 25.4 Å². The second-order valence-corrected chi connectivity index (χ2v) is 4.63. The van der Waals surface area contributed by atoms with Crippen molar-refractivity contribution in [1.29, 1.82) is 0 Å². The third-order valence-corrected chi connectivity index (χ3v) is 2.92. The molecule has 2 rings (SSSR count). The van der Waals surface area contributed by atoms with E-state index < -0.39 is 0 Å². The summed E-state index contributed by atoms with van der Waals surface area (Å²) in [7, 11) is 0. The van der Waals surface area contributed by atoms with Crippen molar-refractivity contribution in [1.82, 2.24) is 15.3 Å².